The smallest absolute Gasteiger partial charge is 0.279 e. The lowest BCUT2D eigenvalue weighted by atomic mass is 10.3. The van der Waals surface area contributed by atoms with Gasteiger partial charge in [-0.15, -0.1) is 0 Å². The number of amides is 1. The van der Waals surface area contributed by atoms with Crippen LogP contribution in [-0.2, 0) is 15.0 Å². The zero-order valence-corrected chi connectivity index (χ0v) is 11.8. The molecule has 102 valence electrons. The quantitative estimate of drug-likeness (QED) is 0.652. The normalized spacial score (nSPS) is 12.1. The van der Waals surface area contributed by atoms with Gasteiger partial charge < -0.3 is 5.32 Å². The molecule has 0 spiro atoms. The predicted octanol–water partition coefficient (Wildman–Crippen LogP) is 0.0773. The Morgan fingerprint density at radius 3 is 2.41 bits per heavy atom. The fourth-order valence-electron chi connectivity index (χ4n) is 1.14. The third-order valence-electron chi connectivity index (χ3n) is 2.10. The number of carbonyl (C=O) groups is 1. The summed E-state index contributed by atoms with van der Waals surface area (Å²) in [6.07, 6.45) is 1.73. The Morgan fingerprint density at radius 2 is 1.94 bits per heavy atom. The van der Waals surface area contributed by atoms with Crippen LogP contribution in [0.15, 0.2) is 0 Å². The minimum atomic E-state index is -3.54. The summed E-state index contributed by atoms with van der Waals surface area (Å²) in [5.41, 5.74) is 0. The molecule has 2 N–H and O–H groups in total. The maximum Gasteiger partial charge on any atom is 0.279 e. The van der Waals surface area contributed by atoms with Crippen molar-refractivity contribution < 1.29 is 13.2 Å². The molecule has 0 aliphatic heterocycles. The van der Waals surface area contributed by atoms with Crippen molar-refractivity contribution in [1.29, 1.82) is 0 Å². The van der Waals surface area contributed by atoms with Crippen LogP contribution in [0.1, 0.15) is 33.6 Å². The van der Waals surface area contributed by atoms with E-state index in [0.717, 1.165) is 12.8 Å². The number of rotatable bonds is 8. The molecule has 7 heteroatoms. The molecule has 0 aromatic heterocycles. The number of carbonyl (C=O) groups excluding carboxylic acids is 1. The van der Waals surface area contributed by atoms with Gasteiger partial charge in [-0.3, -0.25) is 4.79 Å². The summed E-state index contributed by atoms with van der Waals surface area (Å²) in [6.45, 7) is 5.86. The highest BCUT2D eigenvalue weighted by atomic mass is 32.2. The van der Waals surface area contributed by atoms with Crippen LogP contribution < -0.4 is 10.0 Å². The molecule has 0 unspecified atom stereocenters. The van der Waals surface area contributed by atoms with Crippen molar-refractivity contribution in [2.45, 2.75) is 39.7 Å². The molecule has 0 atom stereocenters. The van der Waals surface area contributed by atoms with Crippen LogP contribution in [0.5, 0.6) is 0 Å². The SMILES string of the molecule is CCCCN(C)S(=O)(=O)NCC(=O)NC(C)C. The van der Waals surface area contributed by atoms with Crippen LogP contribution in [0, 0.1) is 0 Å². The van der Waals surface area contributed by atoms with Gasteiger partial charge in [0.2, 0.25) is 5.91 Å². The molecule has 0 bridgehead atoms. The second-order valence-electron chi connectivity index (χ2n) is 4.22. The van der Waals surface area contributed by atoms with E-state index in [4.69, 9.17) is 0 Å². The van der Waals surface area contributed by atoms with Gasteiger partial charge in [0.1, 0.15) is 0 Å². The lowest BCUT2D eigenvalue weighted by Crippen LogP contribution is -2.44. The molecule has 17 heavy (non-hydrogen) atoms. The summed E-state index contributed by atoms with van der Waals surface area (Å²) in [4.78, 5) is 11.3. The number of nitrogens with zero attached hydrogens (tertiary/aromatic N) is 1. The monoisotopic (exact) mass is 265 g/mol. The highest BCUT2D eigenvalue weighted by molar-refractivity contribution is 7.87. The van der Waals surface area contributed by atoms with E-state index in [0.29, 0.717) is 6.54 Å². The van der Waals surface area contributed by atoms with Crippen molar-refractivity contribution in [3.8, 4) is 0 Å². The van der Waals surface area contributed by atoms with Crippen molar-refractivity contribution >= 4 is 16.1 Å². The van der Waals surface area contributed by atoms with Crippen molar-refractivity contribution in [2.75, 3.05) is 20.1 Å². The Labute approximate surface area is 104 Å². The molecule has 0 saturated heterocycles. The van der Waals surface area contributed by atoms with Gasteiger partial charge in [-0.05, 0) is 20.3 Å². The predicted molar refractivity (Wildman–Crippen MR) is 67.7 cm³/mol. The van der Waals surface area contributed by atoms with E-state index in [2.05, 4.69) is 10.0 Å². The van der Waals surface area contributed by atoms with E-state index >= 15 is 0 Å². The summed E-state index contributed by atoms with van der Waals surface area (Å²) in [5, 5.41) is 2.61. The number of hydrogen-bond acceptors (Lipinski definition) is 3. The highest BCUT2D eigenvalue weighted by Crippen LogP contribution is 1.97. The molecule has 0 rings (SSSR count). The number of unbranched alkanes of at least 4 members (excludes halogenated alkanes) is 1. The van der Waals surface area contributed by atoms with Gasteiger partial charge in [0.25, 0.3) is 10.2 Å². The number of nitrogens with one attached hydrogen (secondary N) is 2. The van der Waals surface area contributed by atoms with Gasteiger partial charge in [-0.25, -0.2) is 0 Å². The molecular weight excluding hydrogens is 242 g/mol. The second kappa shape index (κ2) is 7.62. The molecule has 6 nitrogen and oxygen atoms in total. The van der Waals surface area contributed by atoms with E-state index < -0.39 is 10.2 Å². The van der Waals surface area contributed by atoms with Crippen LogP contribution in [0.2, 0.25) is 0 Å². The summed E-state index contributed by atoms with van der Waals surface area (Å²) < 4.78 is 26.8. The molecule has 0 saturated carbocycles. The first-order valence-electron chi connectivity index (χ1n) is 5.80. The largest absolute Gasteiger partial charge is 0.353 e. The van der Waals surface area contributed by atoms with Crippen LogP contribution in [0.25, 0.3) is 0 Å². The minimum absolute atomic E-state index is 0.00447. The molecular formula is C10H23N3O3S. The van der Waals surface area contributed by atoms with Gasteiger partial charge in [0.15, 0.2) is 0 Å². The molecule has 0 fully saturated rings. The van der Waals surface area contributed by atoms with Crippen LogP contribution in [0.3, 0.4) is 0 Å². The Kier molecular flexibility index (Phi) is 7.33. The third kappa shape index (κ3) is 7.30. The average molecular weight is 265 g/mol. The molecule has 0 heterocycles. The maximum atomic E-state index is 11.7. The molecule has 0 aromatic rings. The minimum Gasteiger partial charge on any atom is -0.353 e. The Bertz CT molecular complexity index is 328. The van der Waals surface area contributed by atoms with E-state index in [1.54, 1.807) is 0 Å². The molecule has 1 amide bonds. The fraction of sp³-hybridized carbons (Fsp3) is 0.900. The van der Waals surface area contributed by atoms with E-state index in [1.165, 1.54) is 11.4 Å². The van der Waals surface area contributed by atoms with Crippen molar-refractivity contribution in [3.05, 3.63) is 0 Å². The van der Waals surface area contributed by atoms with E-state index in [9.17, 15) is 13.2 Å². The van der Waals surface area contributed by atoms with Crippen LogP contribution in [-0.4, -0.2) is 44.8 Å². The molecule has 0 aliphatic rings. The fourth-order valence-corrected chi connectivity index (χ4v) is 2.04. The van der Waals surface area contributed by atoms with Gasteiger partial charge in [0, 0.05) is 19.6 Å². The van der Waals surface area contributed by atoms with Gasteiger partial charge in [-0.1, -0.05) is 13.3 Å². The summed E-state index contributed by atoms with van der Waals surface area (Å²) in [5.74, 6) is -0.326. The van der Waals surface area contributed by atoms with Crippen molar-refractivity contribution in [3.63, 3.8) is 0 Å². The molecule has 0 aromatic carbocycles. The number of hydrogen-bond donors (Lipinski definition) is 2. The third-order valence-corrected chi connectivity index (χ3v) is 3.61. The van der Waals surface area contributed by atoms with Gasteiger partial charge in [-0.2, -0.15) is 17.4 Å². The first-order chi connectivity index (χ1) is 7.79. The summed E-state index contributed by atoms with van der Waals surface area (Å²) in [6, 6.07) is 0.00447. The standard InChI is InChI=1S/C10H23N3O3S/c1-5-6-7-13(4)17(15,16)11-8-10(14)12-9(2)3/h9,11H,5-8H2,1-4H3,(H,12,14). The highest BCUT2D eigenvalue weighted by Gasteiger charge is 2.17. The Hall–Kier alpha value is -0.660. The van der Waals surface area contributed by atoms with Gasteiger partial charge >= 0.3 is 0 Å². The van der Waals surface area contributed by atoms with Crippen LogP contribution in [0.4, 0.5) is 0 Å². The van der Waals surface area contributed by atoms with Crippen LogP contribution >= 0.6 is 0 Å². The first-order valence-corrected chi connectivity index (χ1v) is 7.24. The first kappa shape index (κ1) is 16.3. The topological polar surface area (TPSA) is 78.5 Å². The second-order valence-corrected chi connectivity index (χ2v) is 6.09. The maximum absolute atomic E-state index is 11.7. The summed E-state index contributed by atoms with van der Waals surface area (Å²) in [7, 11) is -2.04. The van der Waals surface area contributed by atoms with Crippen molar-refractivity contribution in [1.82, 2.24) is 14.3 Å². The van der Waals surface area contributed by atoms with E-state index in [-0.39, 0.29) is 18.5 Å². The average Bonchev–Trinajstić information content (AvgIpc) is 2.22. The molecule has 0 radical (unpaired) electrons. The zero-order chi connectivity index (χ0) is 13.5. The van der Waals surface area contributed by atoms with E-state index in [1.807, 2.05) is 20.8 Å². The summed E-state index contributed by atoms with van der Waals surface area (Å²) >= 11 is 0. The van der Waals surface area contributed by atoms with Crippen molar-refractivity contribution in [2.24, 2.45) is 0 Å². The Morgan fingerprint density at radius 1 is 1.35 bits per heavy atom. The lowest BCUT2D eigenvalue weighted by molar-refractivity contribution is -0.120. The zero-order valence-electron chi connectivity index (χ0n) is 11.0. The van der Waals surface area contributed by atoms with Gasteiger partial charge in [0.05, 0.1) is 6.54 Å². The lowest BCUT2D eigenvalue weighted by Gasteiger charge is -2.17. The molecule has 0 aliphatic carbocycles. The Balaban J connectivity index is 4.13.